The van der Waals surface area contributed by atoms with Crippen molar-refractivity contribution >= 4 is 21.6 Å². The molecule has 1 aliphatic rings. The number of hydrogen-bond acceptors (Lipinski definition) is 3. The van der Waals surface area contributed by atoms with Gasteiger partial charge in [0.25, 0.3) is 10.0 Å². The smallest absolute Gasteiger partial charge is 0.265 e. The number of carbonyl (C=O) groups is 1. The highest BCUT2D eigenvalue weighted by Crippen LogP contribution is 2.43. The second-order valence-electron chi connectivity index (χ2n) is 7.64. The van der Waals surface area contributed by atoms with Crippen molar-refractivity contribution in [2.24, 2.45) is 5.92 Å². The molecule has 5 nitrogen and oxygen atoms in total. The number of nitrogens with zero attached hydrogens (tertiary/aromatic N) is 1. The summed E-state index contributed by atoms with van der Waals surface area (Å²) in [5.41, 5.74) is 3.22. The van der Waals surface area contributed by atoms with Crippen molar-refractivity contribution in [2.45, 2.75) is 38.5 Å². The Bertz CT molecular complexity index is 965. The average Bonchev–Trinajstić information content (AvgIpc) is 2.63. The molecule has 1 aliphatic heterocycles. The predicted octanol–water partition coefficient (Wildman–Crippen LogP) is 3.76. The third-order valence-corrected chi connectivity index (χ3v) is 6.51. The molecule has 3 rings (SSSR count). The van der Waals surface area contributed by atoms with E-state index in [0.717, 1.165) is 11.1 Å². The zero-order valence-electron chi connectivity index (χ0n) is 16.2. The third-order valence-electron chi connectivity index (χ3n) is 4.70. The molecule has 0 fully saturated rings. The molecular formula is C21H26N2O3S. The first-order valence-corrected chi connectivity index (χ1v) is 10.7. The first kappa shape index (κ1) is 19.4. The fourth-order valence-corrected chi connectivity index (χ4v) is 4.83. The van der Waals surface area contributed by atoms with Crippen molar-refractivity contribution in [1.82, 2.24) is 5.32 Å². The lowest BCUT2D eigenvalue weighted by molar-refractivity contribution is -0.119. The Hall–Kier alpha value is -2.34. The number of hydrogen-bond donors (Lipinski definition) is 1. The van der Waals surface area contributed by atoms with Gasteiger partial charge < -0.3 is 5.32 Å². The van der Waals surface area contributed by atoms with E-state index in [0.29, 0.717) is 29.6 Å². The lowest BCUT2D eigenvalue weighted by Crippen LogP contribution is -2.43. The second-order valence-corrected chi connectivity index (χ2v) is 9.47. The molecule has 2 aromatic rings. The Morgan fingerprint density at radius 1 is 1.04 bits per heavy atom. The van der Waals surface area contributed by atoms with Gasteiger partial charge in [0.2, 0.25) is 5.91 Å². The van der Waals surface area contributed by atoms with Crippen molar-refractivity contribution in [3.05, 3.63) is 48.0 Å². The van der Waals surface area contributed by atoms with Crippen LogP contribution >= 0.6 is 0 Å². The van der Waals surface area contributed by atoms with Gasteiger partial charge in [0.05, 0.1) is 10.6 Å². The summed E-state index contributed by atoms with van der Waals surface area (Å²) in [6.07, 6.45) is 0. The van der Waals surface area contributed by atoms with Crippen molar-refractivity contribution in [1.29, 1.82) is 0 Å². The SMILES string of the molecule is CC(C)CNC(=O)CN1c2ccc(C(C)C)cc2-c2ccccc2S1(=O)=O. The summed E-state index contributed by atoms with van der Waals surface area (Å²) < 4.78 is 27.6. The van der Waals surface area contributed by atoms with Gasteiger partial charge in [-0.3, -0.25) is 9.10 Å². The van der Waals surface area contributed by atoms with E-state index in [-0.39, 0.29) is 17.3 Å². The number of amides is 1. The van der Waals surface area contributed by atoms with Crippen molar-refractivity contribution < 1.29 is 13.2 Å². The maximum absolute atomic E-state index is 13.2. The zero-order chi connectivity index (χ0) is 19.8. The summed E-state index contributed by atoms with van der Waals surface area (Å²) in [6, 6.07) is 12.8. The van der Waals surface area contributed by atoms with Crippen LogP contribution in [0.15, 0.2) is 47.4 Å². The summed E-state index contributed by atoms with van der Waals surface area (Å²) in [4.78, 5) is 12.6. The number of anilines is 1. The highest BCUT2D eigenvalue weighted by atomic mass is 32.2. The van der Waals surface area contributed by atoms with Crippen LogP contribution in [-0.2, 0) is 14.8 Å². The molecule has 144 valence electrons. The average molecular weight is 387 g/mol. The molecule has 27 heavy (non-hydrogen) atoms. The van der Waals surface area contributed by atoms with Gasteiger partial charge in [0.1, 0.15) is 6.54 Å². The van der Waals surface area contributed by atoms with Gasteiger partial charge in [-0.25, -0.2) is 8.42 Å². The van der Waals surface area contributed by atoms with Gasteiger partial charge in [-0.2, -0.15) is 0 Å². The molecule has 0 aromatic heterocycles. The van der Waals surface area contributed by atoms with Gasteiger partial charge >= 0.3 is 0 Å². The first-order chi connectivity index (χ1) is 12.7. The summed E-state index contributed by atoms with van der Waals surface area (Å²) in [5, 5.41) is 2.81. The summed E-state index contributed by atoms with van der Waals surface area (Å²) >= 11 is 0. The number of carbonyl (C=O) groups excluding carboxylic acids is 1. The minimum atomic E-state index is -3.79. The summed E-state index contributed by atoms with van der Waals surface area (Å²) in [7, 11) is -3.79. The Labute approximate surface area is 161 Å². The Kier molecular flexibility index (Phi) is 5.29. The maximum atomic E-state index is 13.2. The van der Waals surface area contributed by atoms with E-state index < -0.39 is 10.0 Å². The molecule has 1 N–H and O–H groups in total. The minimum Gasteiger partial charge on any atom is -0.354 e. The molecule has 0 atom stereocenters. The van der Waals surface area contributed by atoms with E-state index in [4.69, 9.17) is 0 Å². The van der Waals surface area contributed by atoms with Crippen LogP contribution in [0.3, 0.4) is 0 Å². The molecule has 0 spiro atoms. The number of sulfonamides is 1. The Balaban J connectivity index is 2.09. The maximum Gasteiger partial charge on any atom is 0.265 e. The fraction of sp³-hybridized carbons (Fsp3) is 0.381. The molecule has 0 saturated heterocycles. The van der Waals surface area contributed by atoms with Gasteiger partial charge in [-0.1, -0.05) is 52.0 Å². The van der Waals surface area contributed by atoms with Crippen LogP contribution in [0.25, 0.3) is 11.1 Å². The van der Waals surface area contributed by atoms with Crippen LogP contribution in [0.1, 0.15) is 39.2 Å². The second kappa shape index (κ2) is 7.35. The van der Waals surface area contributed by atoms with Gasteiger partial charge in [0, 0.05) is 17.7 Å². The third kappa shape index (κ3) is 3.72. The lowest BCUT2D eigenvalue weighted by atomic mass is 9.95. The van der Waals surface area contributed by atoms with Crippen LogP contribution in [0.4, 0.5) is 5.69 Å². The van der Waals surface area contributed by atoms with E-state index >= 15 is 0 Å². The van der Waals surface area contributed by atoms with E-state index in [1.165, 1.54) is 4.31 Å². The Morgan fingerprint density at radius 2 is 1.74 bits per heavy atom. The van der Waals surface area contributed by atoms with E-state index in [9.17, 15) is 13.2 Å². The molecule has 0 radical (unpaired) electrons. The number of benzene rings is 2. The summed E-state index contributed by atoms with van der Waals surface area (Å²) in [5.74, 6) is 0.322. The normalized spacial score (nSPS) is 14.8. The van der Waals surface area contributed by atoms with E-state index in [2.05, 4.69) is 19.2 Å². The molecule has 1 heterocycles. The lowest BCUT2D eigenvalue weighted by Gasteiger charge is -2.32. The largest absolute Gasteiger partial charge is 0.354 e. The molecule has 0 unspecified atom stereocenters. The van der Waals surface area contributed by atoms with Crippen LogP contribution in [-0.4, -0.2) is 27.4 Å². The highest BCUT2D eigenvalue weighted by Gasteiger charge is 2.36. The zero-order valence-corrected chi connectivity index (χ0v) is 17.0. The topological polar surface area (TPSA) is 66.5 Å². The molecular weight excluding hydrogens is 360 g/mol. The van der Waals surface area contributed by atoms with E-state index in [1.807, 2.05) is 44.2 Å². The molecule has 0 bridgehead atoms. The molecule has 2 aromatic carbocycles. The molecule has 0 saturated carbocycles. The van der Waals surface area contributed by atoms with Crippen molar-refractivity contribution in [2.75, 3.05) is 17.4 Å². The first-order valence-electron chi connectivity index (χ1n) is 9.24. The predicted molar refractivity (Wildman–Crippen MR) is 108 cm³/mol. The van der Waals surface area contributed by atoms with E-state index in [1.54, 1.807) is 12.1 Å². The van der Waals surface area contributed by atoms with Crippen LogP contribution in [0.2, 0.25) is 0 Å². The van der Waals surface area contributed by atoms with Gasteiger partial charge in [-0.05, 0) is 35.6 Å². The van der Waals surface area contributed by atoms with Gasteiger partial charge in [-0.15, -0.1) is 0 Å². The minimum absolute atomic E-state index is 0.225. The molecule has 1 amide bonds. The monoisotopic (exact) mass is 386 g/mol. The quantitative estimate of drug-likeness (QED) is 0.851. The standard InChI is InChI=1S/C21H26N2O3S/c1-14(2)12-22-21(24)13-23-19-10-9-16(15(3)4)11-18(19)17-7-5-6-8-20(17)27(23,25)26/h5-11,14-15H,12-13H2,1-4H3,(H,22,24). The summed E-state index contributed by atoms with van der Waals surface area (Å²) in [6.45, 7) is 8.49. The number of nitrogens with one attached hydrogen (secondary N) is 1. The van der Waals surface area contributed by atoms with Crippen molar-refractivity contribution in [3.63, 3.8) is 0 Å². The van der Waals surface area contributed by atoms with Crippen LogP contribution in [0, 0.1) is 5.92 Å². The van der Waals surface area contributed by atoms with Crippen molar-refractivity contribution in [3.8, 4) is 11.1 Å². The van der Waals surface area contributed by atoms with Crippen LogP contribution < -0.4 is 9.62 Å². The van der Waals surface area contributed by atoms with Crippen LogP contribution in [0.5, 0.6) is 0 Å². The molecule has 0 aliphatic carbocycles. The fourth-order valence-electron chi connectivity index (χ4n) is 3.18. The Morgan fingerprint density at radius 3 is 2.41 bits per heavy atom. The van der Waals surface area contributed by atoms with Gasteiger partial charge in [0.15, 0.2) is 0 Å². The number of rotatable bonds is 5. The molecule has 6 heteroatoms. The highest BCUT2D eigenvalue weighted by molar-refractivity contribution is 7.93. The number of fused-ring (bicyclic) bond motifs is 3.